The Morgan fingerprint density at radius 2 is 2.12 bits per heavy atom. The second-order valence-corrected chi connectivity index (χ2v) is 5.95. The lowest BCUT2D eigenvalue weighted by Crippen LogP contribution is -2.38. The molecule has 1 aliphatic heterocycles. The molecule has 1 aliphatic rings. The molecule has 2 rings (SSSR count). The normalized spacial score (nSPS) is 14.1. The summed E-state index contributed by atoms with van der Waals surface area (Å²) in [5.41, 5.74) is 7.39. The number of aliphatic hydroxyl groups is 1. The van der Waals surface area contributed by atoms with Crippen LogP contribution in [0.4, 0.5) is 5.69 Å². The first-order valence-corrected chi connectivity index (χ1v) is 8.41. The van der Waals surface area contributed by atoms with Crippen molar-refractivity contribution in [3.63, 3.8) is 0 Å². The number of hydrogen-bond donors (Lipinski definition) is 2. The summed E-state index contributed by atoms with van der Waals surface area (Å²) in [5, 5.41) is 13.4. The monoisotopic (exact) mass is 333 g/mol. The molecule has 1 heterocycles. The van der Waals surface area contributed by atoms with Gasteiger partial charge >= 0.3 is 5.97 Å². The summed E-state index contributed by atoms with van der Waals surface area (Å²) < 4.78 is 4.95. The predicted molar refractivity (Wildman–Crippen MR) is 93.7 cm³/mol. The van der Waals surface area contributed by atoms with E-state index >= 15 is 0 Å². The molecule has 0 aliphatic carbocycles. The van der Waals surface area contributed by atoms with Gasteiger partial charge in [-0.3, -0.25) is 14.8 Å². The van der Waals surface area contributed by atoms with Crippen molar-refractivity contribution in [2.24, 2.45) is 0 Å². The quantitative estimate of drug-likeness (QED) is 0.563. The van der Waals surface area contributed by atoms with E-state index in [0.717, 1.165) is 41.8 Å². The van der Waals surface area contributed by atoms with E-state index in [1.54, 1.807) is 0 Å². The van der Waals surface area contributed by atoms with Gasteiger partial charge in [0.2, 0.25) is 0 Å². The molecule has 0 atom stereocenters. The lowest BCUT2D eigenvalue weighted by Gasteiger charge is -2.24. The Morgan fingerprint density at radius 1 is 1.33 bits per heavy atom. The second-order valence-electron chi connectivity index (χ2n) is 5.95. The Hall–Kier alpha value is -2.05. The molecule has 1 aromatic carbocycles. The number of anilines is 1. The molecule has 2 N–H and O–H groups in total. The Bertz CT molecular complexity index is 601. The van der Waals surface area contributed by atoms with E-state index < -0.39 is 0 Å². The molecule has 24 heavy (non-hydrogen) atoms. The molecule has 6 heteroatoms. The third-order valence-electron chi connectivity index (χ3n) is 4.02. The minimum absolute atomic E-state index is 0.0297. The Labute approximate surface area is 143 Å². The first-order chi connectivity index (χ1) is 11.5. The number of aliphatic hydroxyl groups excluding tert-OH is 1. The fourth-order valence-corrected chi connectivity index (χ4v) is 2.71. The highest BCUT2D eigenvalue weighted by molar-refractivity contribution is 5.69. The van der Waals surface area contributed by atoms with Crippen molar-refractivity contribution < 1.29 is 14.6 Å². The molecule has 0 amide bonds. The van der Waals surface area contributed by atoms with E-state index in [9.17, 15) is 9.90 Å². The average molecular weight is 333 g/mol. The molecule has 6 nitrogen and oxygen atoms in total. The van der Waals surface area contributed by atoms with Crippen molar-refractivity contribution in [1.82, 2.24) is 10.5 Å². The highest BCUT2D eigenvalue weighted by atomic mass is 16.5. The number of unbranched alkanes of at least 4 members (excludes halogenated alkanes) is 1. The smallest absolute Gasteiger partial charge is 0.305 e. The second kappa shape index (κ2) is 8.70. The zero-order valence-electron chi connectivity index (χ0n) is 14.7. The van der Waals surface area contributed by atoms with Crippen LogP contribution in [-0.2, 0) is 16.1 Å². The number of ether oxygens (including phenoxy) is 1. The molecular formula is C18H27N3O3. The largest absolute Gasteiger partial charge is 0.466 e. The van der Waals surface area contributed by atoms with Crippen molar-refractivity contribution in [3.05, 3.63) is 41.2 Å². The van der Waals surface area contributed by atoms with Crippen LogP contribution < -0.4 is 10.5 Å². The number of benzene rings is 1. The van der Waals surface area contributed by atoms with Gasteiger partial charge in [-0.2, -0.15) is 0 Å². The minimum Gasteiger partial charge on any atom is -0.466 e. The fraction of sp³-hybridized carbons (Fsp3) is 0.500. The SMILES string of the molecule is CCOC(=O)CCCCC1=CN(C)NN1c1ccc(C)c(CO)c1. The maximum Gasteiger partial charge on any atom is 0.305 e. The number of rotatable bonds is 8. The topological polar surface area (TPSA) is 65.0 Å². The Morgan fingerprint density at radius 3 is 2.83 bits per heavy atom. The molecule has 0 radical (unpaired) electrons. The summed E-state index contributed by atoms with van der Waals surface area (Å²) in [5.74, 6) is -0.129. The van der Waals surface area contributed by atoms with Crippen LogP contribution in [0, 0.1) is 6.92 Å². The third-order valence-corrected chi connectivity index (χ3v) is 4.02. The van der Waals surface area contributed by atoms with Gasteiger partial charge in [-0.1, -0.05) is 6.07 Å². The van der Waals surface area contributed by atoms with Gasteiger partial charge in [0.05, 0.1) is 24.6 Å². The molecule has 0 aromatic heterocycles. The summed E-state index contributed by atoms with van der Waals surface area (Å²) in [6.07, 6.45) is 5.09. The summed E-state index contributed by atoms with van der Waals surface area (Å²) in [6.45, 7) is 4.28. The molecule has 0 saturated heterocycles. The van der Waals surface area contributed by atoms with Gasteiger partial charge in [-0.25, -0.2) is 0 Å². The van der Waals surface area contributed by atoms with Crippen LogP contribution >= 0.6 is 0 Å². The van der Waals surface area contributed by atoms with Gasteiger partial charge < -0.3 is 9.84 Å². The molecule has 132 valence electrons. The van der Waals surface area contributed by atoms with Gasteiger partial charge in [-0.05, 0) is 56.4 Å². The zero-order chi connectivity index (χ0) is 17.5. The van der Waals surface area contributed by atoms with Crippen LogP contribution in [0.5, 0.6) is 0 Å². The number of allylic oxidation sites excluding steroid dienone is 1. The van der Waals surface area contributed by atoms with E-state index in [1.165, 1.54) is 0 Å². The van der Waals surface area contributed by atoms with E-state index in [2.05, 4.69) is 5.53 Å². The van der Waals surface area contributed by atoms with Gasteiger partial charge in [0.1, 0.15) is 0 Å². The molecule has 0 bridgehead atoms. The number of carbonyl (C=O) groups excluding carboxylic acids is 1. The van der Waals surface area contributed by atoms with E-state index in [-0.39, 0.29) is 12.6 Å². The summed E-state index contributed by atoms with van der Waals surface area (Å²) in [4.78, 5) is 11.4. The fourth-order valence-electron chi connectivity index (χ4n) is 2.71. The lowest BCUT2D eigenvalue weighted by atomic mass is 10.1. The Kier molecular flexibility index (Phi) is 6.63. The van der Waals surface area contributed by atoms with Gasteiger partial charge in [0, 0.05) is 19.7 Å². The molecular weight excluding hydrogens is 306 g/mol. The average Bonchev–Trinajstić information content (AvgIpc) is 2.93. The highest BCUT2D eigenvalue weighted by Crippen LogP contribution is 2.27. The number of hydrogen-bond acceptors (Lipinski definition) is 6. The Balaban J connectivity index is 1.96. The van der Waals surface area contributed by atoms with Crippen LogP contribution in [0.3, 0.4) is 0 Å². The third kappa shape index (κ3) is 4.72. The van der Waals surface area contributed by atoms with E-state index in [4.69, 9.17) is 4.74 Å². The van der Waals surface area contributed by atoms with Crippen LogP contribution in [0.1, 0.15) is 43.7 Å². The van der Waals surface area contributed by atoms with E-state index in [0.29, 0.717) is 13.0 Å². The summed E-state index contributed by atoms with van der Waals surface area (Å²) >= 11 is 0. The van der Waals surface area contributed by atoms with Crippen molar-refractivity contribution in [2.75, 3.05) is 18.7 Å². The molecule has 1 aromatic rings. The predicted octanol–water partition coefficient (Wildman–Crippen LogP) is 2.62. The number of carbonyl (C=O) groups is 1. The number of nitrogens with zero attached hydrogens (tertiary/aromatic N) is 2. The van der Waals surface area contributed by atoms with Gasteiger partial charge in [-0.15, -0.1) is 5.53 Å². The highest BCUT2D eigenvalue weighted by Gasteiger charge is 2.20. The number of aryl methyl sites for hydroxylation is 1. The van der Waals surface area contributed by atoms with Crippen LogP contribution in [0.25, 0.3) is 0 Å². The van der Waals surface area contributed by atoms with Crippen molar-refractivity contribution in [2.45, 2.75) is 46.1 Å². The molecule has 0 unspecified atom stereocenters. The van der Waals surface area contributed by atoms with Crippen molar-refractivity contribution >= 4 is 11.7 Å². The maximum atomic E-state index is 11.4. The maximum absolute atomic E-state index is 11.4. The molecule has 0 spiro atoms. The van der Waals surface area contributed by atoms with Crippen LogP contribution in [-0.4, -0.2) is 29.7 Å². The van der Waals surface area contributed by atoms with Gasteiger partial charge in [0.25, 0.3) is 0 Å². The number of esters is 1. The first-order valence-electron chi connectivity index (χ1n) is 8.41. The van der Waals surface area contributed by atoms with Crippen LogP contribution in [0.15, 0.2) is 30.1 Å². The summed E-state index contributed by atoms with van der Waals surface area (Å²) in [7, 11) is 1.94. The van der Waals surface area contributed by atoms with Gasteiger partial charge in [0.15, 0.2) is 0 Å². The first kappa shape index (κ1) is 18.3. The standard InChI is InChI=1S/C18H27N3O3/c1-4-24-18(23)8-6-5-7-17-12-20(3)19-21(17)16-10-9-14(2)15(11-16)13-22/h9-12,19,22H,4-8,13H2,1-3H3. The van der Waals surface area contributed by atoms with Crippen LogP contribution in [0.2, 0.25) is 0 Å². The molecule has 0 saturated carbocycles. The zero-order valence-corrected chi connectivity index (χ0v) is 14.7. The minimum atomic E-state index is -0.129. The number of nitrogens with one attached hydrogen (secondary N) is 1. The lowest BCUT2D eigenvalue weighted by molar-refractivity contribution is -0.143. The van der Waals surface area contributed by atoms with Crippen molar-refractivity contribution in [1.29, 1.82) is 0 Å². The van der Waals surface area contributed by atoms with Crippen molar-refractivity contribution in [3.8, 4) is 0 Å². The van der Waals surface area contributed by atoms with E-state index in [1.807, 2.05) is 55.3 Å². The molecule has 0 fully saturated rings. The number of hydrazine groups is 2. The summed E-state index contributed by atoms with van der Waals surface area (Å²) in [6, 6.07) is 6.04.